The molecule has 2 aliphatic heterocycles. The molecule has 0 aromatic heterocycles. The minimum Gasteiger partial charge on any atom is -0.381 e. The number of carbonyl (C=O) groups is 1. The lowest BCUT2D eigenvalue weighted by Crippen LogP contribution is -2.49. The fourth-order valence-electron chi connectivity index (χ4n) is 3.40. The van der Waals surface area contributed by atoms with Crippen LogP contribution in [0.3, 0.4) is 0 Å². The van der Waals surface area contributed by atoms with Crippen LogP contribution < -0.4 is 10.6 Å². The standard InChI is InChI=1S/C19H30N4O2/c1-22-8-10-23(11-9-22)14-18(17-5-3-2-4-6-17)21-19(24)20-13-16-7-12-25-15-16/h2-6,16,18H,7-15H2,1H3,(H2,20,21,24)/t16-,18-/m0/s1. The van der Waals surface area contributed by atoms with Crippen molar-refractivity contribution in [2.24, 2.45) is 5.92 Å². The van der Waals surface area contributed by atoms with Crippen molar-refractivity contribution in [3.8, 4) is 0 Å². The van der Waals surface area contributed by atoms with Crippen molar-refractivity contribution in [2.45, 2.75) is 12.5 Å². The minimum absolute atomic E-state index is 0.00411. The van der Waals surface area contributed by atoms with E-state index >= 15 is 0 Å². The number of rotatable bonds is 6. The number of hydrogen-bond donors (Lipinski definition) is 2. The highest BCUT2D eigenvalue weighted by atomic mass is 16.5. The SMILES string of the molecule is CN1CCN(C[C@H](NC(=O)NC[C@@H]2CCOC2)c2ccccc2)CC1. The normalized spacial score (nSPS) is 23.3. The van der Waals surface area contributed by atoms with Gasteiger partial charge in [0.25, 0.3) is 0 Å². The van der Waals surface area contributed by atoms with E-state index in [-0.39, 0.29) is 12.1 Å². The molecule has 0 spiro atoms. The molecule has 2 aliphatic rings. The summed E-state index contributed by atoms with van der Waals surface area (Å²) >= 11 is 0. The molecular weight excluding hydrogens is 316 g/mol. The van der Waals surface area contributed by atoms with E-state index in [1.54, 1.807) is 0 Å². The highest BCUT2D eigenvalue weighted by Crippen LogP contribution is 2.16. The molecular formula is C19H30N4O2. The molecule has 2 fully saturated rings. The van der Waals surface area contributed by atoms with E-state index in [9.17, 15) is 4.79 Å². The van der Waals surface area contributed by atoms with Gasteiger partial charge in [0.2, 0.25) is 0 Å². The number of likely N-dealkylation sites (N-methyl/N-ethyl adjacent to an activating group) is 1. The van der Waals surface area contributed by atoms with Gasteiger partial charge in [0.05, 0.1) is 12.6 Å². The summed E-state index contributed by atoms with van der Waals surface area (Å²) in [6, 6.07) is 10.2. The van der Waals surface area contributed by atoms with Crippen LogP contribution in [-0.2, 0) is 4.74 Å². The molecule has 2 amide bonds. The summed E-state index contributed by atoms with van der Waals surface area (Å²) in [5.74, 6) is 0.443. The number of carbonyl (C=O) groups excluding carboxylic acids is 1. The van der Waals surface area contributed by atoms with E-state index in [4.69, 9.17) is 4.74 Å². The Balaban J connectivity index is 1.55. The Kier molecular flexibility index (Phi) is 6.67. The molecule has 1 aromatic carbocycles. The minimum atomic E-state index is -0.0881. The maximum atomic E-state index is 12.4. The van der Waals surface area contributed by atoms with Crippen LogP contribution in [0, 0.1) is 5.92 Å². The summed E-state index contributed by atoms with van der Waals surface area (Å²) in [6.45, 7) is 7.34. The van der Waals surface area contributed by atoms with Crippen LogP contribution >= 0.6 is 0 Å². The third-order valence-electron chi connectivity index (χ3n) is 5.12. The molecule has 1 aromatic rings. The lowest BCUT2D eigenvalue weighted by atomic mass is 10.1. The van der Waals surface area contributed by atoms with Gasteiger partial charge in [0, 0.05) is 51.8 Å². The summed E-state index contributed by atoms with van der Waals surface area (Å²) in [4.78, 5) is 17.2. The van der Waals surface area contributed by atoms with Gasteiger partial charge in [-0.2, -0.15) is 0 Å². The number of nitrogens with one attached hydrogen (secondary N) is 2. The van der Waals surface area contributed by atoms with Crippen molar-refractivity contribution in [3.05, 3.63) is 35.9 Å². The first kappa shape index (κ1) is 18.2. The monoisotopic (exact) mass is 346 g/mol. The summed E-state index contributed by atoms with van der Waals surface area (Å²) in [7, 11) is 2.16. The first-order chi connectivity index (χ1) is 12.2. The van der Waals surface area contributed by atoms with Gasteiger partial charge in [-0.15, -0.1) is 0 Å². The van der Waals surface area contributed by atoms with E-state index in [1.165, 1.54) is 0 Å². The first-order valence-electron chi connectivity index (χ1n) is 9.28. The Morgan fingerprint density at radius 1 is 1.24 bits per heavy atom. The smallest absolute Gasteiger partial charge is 0.315 e. The summed E-state index contributed by atoms with van der Waals surface area (Å²) in [5.41, 5.74) is 1.15. The van der Waals surface area contributed by atoms with Crippen LogP contribution in [0.1, 0.15) is 18.0 Å². The van der Waals surface area contributed by atoms with Crippen molar-refractivity contribution in [1.82, 2.24) is 20.4 Å². The number of nitrogens with zero attached hydrogens (tertiary/aromatic N) is 2. The summed E-state index contributed by atoms with van der Waals surface area (Å²) in [6.07, 6.45) is 1.03. The topological polar surface area (TPSA) is 56.8 Å². The Bertz CT molecular complexity index is 525. The van der Waals surface area contributed by atoms with E-state index < -0.39 is 0 Å². The van der Waals surface area contributed by atoms with Gasteiger partial charge in [-0.25, -0.2) is 4.79 Å². The molecule has 2 heterocycles. The van der Waals surface area contributed by atoms with Gasteiger partial charge in [-0.05, 0) is 19.0 Å². The second kappa shape index (κ2) is 9.17. The van der Waals surface area contributed by atoms with Crippen LogP contribution in [0.25, 0.3) is 0 Å². The number of ether oxygens (including phenoxy) is 1. The van der Waals surface area contributed by atoms with Gasteiger partial charge in [-0.1, -0.05) is 30.3 Å². The molecule has 138 valence electrons. The van der Waals surface area contributed by atoms with E-state index in [2.05, 4.69) is 39.6 Å². The number of urea groups is 1. The van der Waals surface area contributed by atoms with Crippen LogP contribution in [0.4, 0.5) is 4.79 Å². The maximum absolute atomic E-state index is 12.4. The van der Waals surface area contributed by atoms with Gasteiger partial charge in [0.15, 0.2) is 0 Å². The molecule has 0 radical (unpaired) electrons. The summed E-state index contributed by atoms with van der Waals surface area (Å²) < 4.78 is 5.37. The van der Waals surface area contributed by atoms with Crippen molar-refractivity contribution in [3.63, 3.8) is 0 Å². The fraction of sp³-hybridized carbons (Fsp3) is 0.632. The third kappa shape index (κ3) is 5.70. The highest BCUT2D eigenvalue weighted by molar-refractivity contribution is 5.74. The predicted octanol–water partition coefficient (Wildman–Crippen LogP) is 1.31. The Morgan fingerprint density at radius 2 is 2.00 bits per heavy atom. The number of benzene rings is 1. The number of amides is 2. The number of hydrogen-bond acceptors (Lipinski definition) is 4. The van der Waals surface area contributed by atoms with Crippen LogP contribution in [0.5, 0.6) is 0 Å². The van der Waals surface area contributed by atoms with Crippen LogP contribution in [0.15, 0.2) is 30.3 Å². The zero-order valence-electron chi connectivity index (χ0n) is 15.1. The molecule has 2 saturated heterocycles. The van der Waals surface area contributed by atoms with Gasteiger partial charge in [-0.3, -0.25) is 4.90 Å². The third-order valence-corrected chi connectivity index (χ3v) is 5.12. The summed E-state index contributed by atoms with van der Waals surface area (Å²) in [5, 5.41) is 6.18. The predicted molar refractivity (Wildman–Crippen MR) is 98.6 cm³/mol. The molecule has 6 nitrogen and oxygen atoms in total. The fourth-order valence-corrected chi connectivity index (χ4v) is 3.40. The van der Waals surface area contributed by atoms with Gasteiger partial charge >= 0.3 is 6.03 Å². The largest absolute Gasteiger partial charge is 0.381 e. The van der Waals surface area contributed by atoms with Crippen molar-refractivity contribution < 1.29 is 9.53 Å². The molecule has 0 bridgehead atoms. The molecule has 0 unspecified atom stereocenters. The average molecular weight is 346 g/mol. The molecule has 2 atom stereocenters. The van der Waals surface area contributed by atoms with Gasteiger partial charge < -0.3 is 20.3 Å². The second-order valence-corrected chi connectivity index (χ2v) is 7.15. The quantitative estimate of drug-likeness (QED) is 0.815. The average Bonchev–Trinajstić information content (AvgIpc) is 3.16. The van der Waals surface area contributed by atoms with Crippen molar-refractivity contribution in [2.75, 3.05) is 59.5 Å². The van der Waals surface area contributed by atoms with E-state index in [1.807, 2.05) is 18.2 Å². The maximum Gasteiger partial charge on any atom is 0.315 e. The molecule has 0 saturated carbocycles. The Labute approximate surface area is 150 Å². The van der Waals surface area contributed by atoms with Crippen molar-refractivity contribution >= 4 is 6.03 Å². The lowest BCUT2D eigenvalue weighted by Gasteiger charge is -2.35. The van der Waals surface area contributed by atoms with Crippen LogP contribution in [-0.4, -0.2) is 75.4 Å². The molecule has 0 aliphatic carbocycles. The van der Waals surface area contributed by atoms with E-state index in [0.717, 1.165) is 57.9 Å². The van der Waals surface area contributed by atoms with E-state index in [0.29, 0.717) is 12.5 Å². The zero-order chi connectivity index (χ0) is 17.5. The highest BCUT2D eigenvalue weighted by Gasteiger charge is 2.22. The van der Waals surface area contributed by atoms with Crippen LogP contribution in [0.2, 0.25) is 0 Å². The molecule has 2 N–H and O–H groups in total. The lowest BCUT2D eigenvalue weighted by molar-refractivity contribution is 0.142. The second-order valence-electron chi connectivity index (χ2n) is 7.15. The van der Waals surface area contributed by atoms with Crippen molar-refractivity contribution in [1.29, 1.82) is 0 Å². The number of piperazine rings is 1. The Hall–Kier alpha value is -1.63. The molecule has 25 heavy (non-hydrogen) atoms. The first-order valence-corrected chi connectivity index (χ1v) is 9.28. The molecule has 3 rings (SSSR count). The zero-order valence-corrected chi connectivity index (χ0v) is 15.1. The molecule has 6 heteroatoms. The Morgan fingerprint density at radius 3 is 2.68 bits per heavy atom. The van der Waals surface area contributed by atoms with Gasteiger partial charge in [0.1, 0.15) is 0 Å².